The molecule has 0 aliphatic carbocycles. The van der Waals surface area contributed by atoms with Gasteiger partial charge in [-0.15, -0.1) is 0 Å². The molecule has 2 N–H and O–H groups in total. The zero-order chi connectivity index (χ0) is 25.5. The lowest BCUT2D eigenvalue weighted by Gasteiger charge is -2.50. The number of rotatable bonds is 3. The third kappa shape index (κ3) is 5.42. The summed E-state index contributed by atoms with van der Waals surface area (Å²) < 4.78 is 40.3. The number of para-hydroxylation sites is 1. The molecular formula is C29H37F3N4. The number of hydrogen-bond donors (Lipinski definition) is 2. The van der Waals surface area contributed by atoms with Gasteiger partial charge in [0, 0.05) is 79.1 Å². The lowest BCUT2D eigenvalue weighted by molar-refractivity contribution is 0.0853. The van der Waals surface area contributed by atoms with Crippen LogP contribution in [0.3, 0.4) is 0 Å². The molecule has 7 heteroatoms. The molecule has 3 aliphatic rings. The van der Waals surface area contributed by atoms with Gasteiger partial charge >= 0.3 is 0 Å². The molecule has 6 rings (SSSR count). The first-order valence-electron chi connectivity index (χ1n) is 13.0. The van der Waals surface area contributed by atoms with E-state index < -0.39 is 17.3 Å². The number of hydrogen-bond acceptors (Lipinski definition) is 3. The van der Waals surface area contributed by atoms with Crippen molar-refractivity contribution in [3.8, 4) is 0 Å². The van der Waals surface area contributed by atoms with Crippen molar-refractivity contribution in [3.63, 3.8) is 0 Å². The summed E-state index contributed by atoms with van der Waals surface area (Å²) in [5, 5.41) is 4.61. The van der Waals surface area contributed by atoms with E-state index >= 15 is 0 Å². The van der Waals surface area contributed by atoms with Gasteiger partial charge in [0.05, 0.1) is 0 Å². The molecule has 3 aliphatic heterocycles. The smallest absolute Gasteiger partial charge is 0.128 e. The summed E-state index contributed by atoms with van der Waals surface area (Å²) in [5.41, 5.74) is 3.73. The highest BCUT2D eigenvalue weighted by Crippen LogP contribution is 2.36. The first-order valence-corrected chi connectivity index (χ1v) is 13.0. The second-order valence-corrected chi connectivity index (χ2v) is 11.6. The van der Waals surface area contributed by atoms with E-state index in [0.717, 1.165) is 51.6 Å². The van der Waals surface area contributed by atoms with E-state index in [1.54, 1.807) is 13.8 Å². The largest absolute Gasteiger partial charge is 0.371 e. The van der Waals surface area contributed by atoms with Crippen LogP contribution in [-0.2, 0) is 13.0 Å². The summed E-state index contributed by atoms with van der Waals surface area (Å²) >= 11 is 0. The molecular weight excluding hydrogens is 461 g/mol. The van der Waals surface area contributed by atoms with Gasteiger partial charge in [-0.1, -0.05) is 18.2 Å². The van der Waals surface area contributed by atoms with Gasteiger partial charge in [0.25, 0.3) is 0 Å². The minimum absolute atomic E-state index is 0.334. The topological polar surface area (TPSA) is 34.3 Å². The van der Waals surface area contributed by atoms with Crippen LogP contribution in [0.25, 0.3) is 10.9 Å². The normalized spacial score (nSPS) is 21.6. The Morgan fingerprint density at radius 3 is 2.47 bits per heavy atom. The number of nitrogens with zero attached hydrogens (tertiary/aromatic N) is 2. The van der Waals surface area contributed by atoms with Gasteiger partial charge in [0.2, 0.25) is 0 Å². The van der Waals surface area contributed by atoms with Crippen LogP contribution in [0.15, 0.2) is 42.5 Å². The van der Waals surface area contributed by atoms with E-state index in [-0.39, 0.29) is 0 Å². The number of alkyl halides is 1. The Labute approximate surface area is 211 Å². The van der Waals surface area contributed by atoms with E-state index in [9.17, 15) is 13.2 Å². The van der Waals surface area contributed by atoms with Crippen molar-refractivity contribution in [2.75, 3.05) is 37.6 Å². The van der Waals surface area contributed by atoms with Crippen LogP contribution in [-0.4, -0.2) is 54.3 Å². The summed E-state index contributed by atoms with van der Waals surface area (Å²) in [6, 6.07) is 12.6. The van der Waals surface area contributed by atoms with Crippen LogP contribution in [0, 0.1) is 17.0 Å². The predicted octanol–water partition coefficient (Wildman–Crippen LogP) is 5.82. The van der Waals surface area contributed by atoms with Crippen molar-refractivity contribution in [1.29, 1.82) is 0 Å². The van der Waals surface area contributed by atoms with Crippen LogP contribution < -0.4 is 10.2 Å². The number of aromatic nitrogens is 1. The lowest BCUT2D eigenvalue weighted by Crippen LogP contribution is -2.61. The van der Waals surface area contributed by atoms with E-state index in [1.165, 1.54) is 40.7 Å². The third-order valence-electron chi connectivity index (χ3n) is 7.84. The molecule has 0 amide bonds. The molecule has 3 aromatic rings. The molecule has 2 aromatic carbocycles. The zero-order valence-electron chi connectivity index (χ0n) is 21.5. The SMILES string of the molecule is CC1Cc2c([nH]c3ccccc23)CN1CC(C)(C)F.Fc1cc(F)cc(N2CCCC3(CNC3)C2)c1. The number of anilines is 1. The van der Waals surface area contributed by atoms with E-state index in [4.69, 9.17) is 0 Å². The average Bonchev–Trinajstić information content (AvgIpc) is 3.14. The van der Waals surface area contributed by atoms with Gasteiger partial charge in [-0.3, -0.25) is 4.90 Å². The number of H-pyrrole nitrogens is 1. The zero-order valence-corrected chi connectivity index (χ0v) is 21.5. The van der Waals surface area contributed by atoms with E-state index in [0.29, 0.717) is 23.7 Å². The maximum absolute atomic E-state index is 13.9. The fraction of sp³-hybridized carbons (Fsp3) is 0.517. The predicted molar refractivity (Wildman–Crippen MR) is 140 cm³/mol. The Bertz CT molecular complexity index is 1190. The molecule has 2 fully saturated rings. The van der Waals surface area contributed by atoms with Crippen LogP contribution in [0.5, 0.6) is 0 Å². The lowest BCUT2D eigenvalue weighted by atomic mass is 9.75. The fourth-order valence-corrected chi connectivity index (χ4v) is 6.02. The second kappa shape index (κ2) is 9.75. The molecule has 0 saturated carbocycles. The van der Waals surface area contributed by atoms with Gasteiger partial charge in [-0.2, -0.15) is 0 Å². The molecule has 1 unspecified atom stereocenters. The summed E-state index contributed by atoms with van der Waals surface area (Å²) in [6.45, 7) is 10.7. The molecule has 1 atom stereocenters. The third-order valence-corrected chi connectivity index (χ3v) is 7.84. The summed E-state index contributed by atoms with van der Waals surface area (Å²) in [7, 11) is 0. The Hall–Kier alpha value is -2.51. The minimum Gasteiger partial charge on any atom is -0.371 e. The molecule has 4 nitrogen and oxygen atoms in total. The Kier molecular flexibility index (Phi) is 6.81. The fourth-order valence-electron chi connectivity index (χ4n) is 6.02. The number of piperidine rings is 1. The molecule has 0 bridgehead atoms. The van der Waals surface area contributed by atoms with Crippen LogP contribution >= 0.6 is 0 Å². The molecule has 2 saturated heterocycles. The number of fused-ring (bicyclic) bond motifs is 3. The molecule has 4 heterocycles. The monoisotopic (exact) mass is 498 g/mol. The average molecular weight is 499 g/mol. The van der Waals surface area contributed by atoms with Gasteiger partial charge in [-0.05, 0) is 63.8 Å². The quantitative estimate of drug-likeness (QED) is 0.478. The molecule has 194 valence electrons. The van der Waals surface area contributed by atoms with Gasteiger partial charge in [0.1, 0.15) is 17.3 Å². The maximum atomic E-state index is 13.9. The van der Waals surface area contributed by atoms with Crippen LogP contribution in [0.2, 0.25) is 0 Å². The number of benzene rings is 2. The van der Waals surface area contributed by atoms with Gasteiger partial charge in [-0.25, -0.2) is 13.2 Å². The first-order chi connectivity index (χ1) is 17.1. The summed E-state index contributed by atoms with van der Waals surface area (Å²) in [6.07, 6.45) is 3.31. The Balaban J connectivity index is 0.000000149. The highest BCUT2D eigenvalue weighted by atomic mass is 19.1. The number of nitrogens with one attached hydrogen (secondary N) is 2. The maximum Gasteiger partial charge on any atom is 0.128 e. The summed E-state index contributed by atoms with van der Waals surface area (Å²) in [4.78, 5) is 7.83. The van der Waals surface area contributed by atoms with Crippen molar-refractivity contribution < 1.29 is 13.2 Å². The molecule has 1 aromatic heterocycles. The van der Waals surface area contributed by atoms with Crippen LogP contribution in [0.1, 0.15) is 44.9 Å². The van der Waals surface area contributed by atoms with Gasteiger partial charge < -0.3 is 15.2 Å². The van der Waals surface area contributed by atoms with Crippen molar-refractivity contribution >= 4 is 16.6 Å². The van der Waals surface area contributed by atoms with Crippen molar-refractivity contribution in [1.82, 2.24) is 15.2 Å². The highest BCUT2D eigenvalue weighted by molar-refractivity contribution is 5.84. The molecule has 1 spiro atoms. The van der Waals surface area contributed by atoms with Gasteiger partial charge in [0.15, 0.2) is 0 Å². The van der Waals surface area contributed by atoms with E-state index in [1.807, 2.05) is 0 Å². The van der Waals surface area contributed by atoms with Crippen molar-refractivity contribution in [3.05, 3.63) is 65.4 Å². The summed E-state index contributed by atoms with van der Waals surface area (Å²) in [5.74, 6) is -0.988. The Morgan fingerprint density at radius 2 is 1.81 bits per heavy atom. The molecule has 0 radical (unpaired) electrons. The van der Waals surface area contributed by atoms with Crippen LogP contribution in [0.4, 0.5) is 18.9 Å². The van der Waals surface area contributed by atoms with Crippen molar-refractivity contribution in [2.45, 2.75) is 58.3 Å². The minimum atomic E-state index is -1.14. The standard InChI is InChI=1S/C16H21FN2.C13H16F2N2/c1-11-8-13-12-6-4-5-7-14(12)18-15(13)9-19(11)10-16(2,3)17;14-10-4-11(15)6-12(5-10)17-3-1-2-13(9-17)7-16-8-13/h4-7,11,18H,8-10H2,1-3H3;4-6,16H,1-3,7-9H2. The second-order valence-electron chi connectivity index (χ2n) is 11.6. The van der Waals surface area contributed by atoms with E-state index in [2.05, 4.69) is 51.3 Å². The highest BCUT2D eigenvalue weighted by Gasteiger charge is 2.40. The number of aromatic amines is 1. The molecule has 36 heavy (non-hydrogen) atoms. The van der Waals surface area contributed by atoms with Crippen molar-refractivity contribution in [2.24, 2.45) is 5.41 Å². The number of halogens is 3. The first kappa shape index (κ1) is 25.2. The Morgan fingerprint density at radius 1 is 1.08 bits per heavy atom.